The van der Waals surface area contributed by atoms with E-state index >= 15 is 0 Å². The summed E-state index contributed by atoms with van der Waals surface area (Å²) < 4.78 is 25.6. The maximum absolute atomic E-state index is 12.9. The number of carbonyl (C=O) groups is 1. The quantitative estimate of drug-likeness (QED) is 0.561. The van der Waals surface area contributed by atoms with Crippen LogP contribution in [0.4, 0.5) is 0 Å². The lowest BCUT2D eigenvalue weighted by Gasteiger charge is -2.48. The molecule has 188 valence electrons. The molecule has 1 aliphatic carbocycles. The molecule has 2 aliphatic rings. The number of nitrogens with one attached hydrogen (secondary N) is 1. The molecular weight excluding hydrogens is 450 g/mol. The van der Waals surface area contributed by atoms with Gasteiger partial charge in [-0.15, -0.1) is 0 Å². The number of piperidine rings is 1. The molecule has 0 radical (unpaired) electrons. The van der Waals surface area contributed by atoms with Crippen LogP contribution < -0.4 is 10.5 Å². The summed E-state index contributed by atoms with van der Waals surface area (Å²) in [4.78, 5) is 20.3. The summed E-state index contributed by atoms with van der Waals surface area (Å²) in [7, 11) is -3.79. The summed E-state index contributed by atoms with van der Waals surface area (Å²) in [5, 5.41) is 8.55. The minimum Gasteiger partial charge on any atom is -0.354 e. The number of primary sulfonamides is 1. The number of hydrogen-bond donors (Lipinski definition) is 2. The second kappa shape index (κ2) is 10.7. The highest BCUT2D eigenvalue weighted by Gasteiger charge is 2.38. The number of benzene rings is 1. The van der Waals surface area contributed by atoms with Crippen molar-refractivity contribution in [3.05, 3.63) is 24.0 Å². The predicted octanol–water partition coefficient (Wildman–Crippen LogP) is 3.33. The van der Waals surface area contributed by atoms with Crippen LogP contribution in [0.5, 0.6) is 0 Å². The molecule has 1 saturated heterocycles. The molecule has 0 spiro atoms. The minimum atomic E-state index is -3.79. The summed E-state index contributed by atoms with van der Waals surface area (Å²) >= 11 is 0. The van der Waals surface area contributed by atoms with E-state index in [4.69, 9.17) is 5.14 Å². The predicted molar refractivity (Wildman–Crippen MR) is 134 cm³/mol. The van der Waals surface area contributed by atoms with E-state index in [-0.39, 0.29) is 16.3 Å². The molecule has 3 N–H and O–H groups in total. The van der Waals surface area contributed by atoms with E-state index in [1.165, 1.54) is 63.5 Å². The van der Waals surface area contributed by atoms with Crippen molar-refractivity contribution in [2.45, 2.75) is 94.5 Å². The van der Waals surface area contributed by atoms with Crippen LogP contribution in [0.25, 0.3) is 11.0 Å². The third-order valence-corrected chi connectivity index (χ3v) is 8.49. The minimum absolute atomic E-state index is 0.0564. The van der Waals surface area contributed by atoms with Crippen LogP contribution in [0.3, 0.4) is 0 Å². The molecule has 0 unspecified atom stereocenters. The Morgan fingerprint density at radius 1 is 1.12 bits per heavy atom. The molecule has 0 bridgehead atoms. The van der Waals surface area contributed by atoms with Crippen LogP contribution >= 0.6 is 0 Å². The van der Waals surface area contributed by atoms with E-state index in [1.54, 1.807) is 6.07 Å². The number of sulfonamides is 1. The highest BCUT2D eigenvalue weighted by Crippen LogP contribution is 2.35. The number of aromatic nitrogens is 2. The highest BCUT2D eigenvalue weighted by atomic mass is 32.2. The number of nitrogens with two attached hydrogens (primary N) is 1. The first-order chi connectivity index (χ1) is 16.3. The van der Waals surface area contributed by atoms with Gasteiger partial charge in [0.25, 0.3) is 0 Å². The summed E-state index contributed by atoms with van der Waals surface area (Å²) in [6, 6.07) is 4.80. The van der Waals surface area contributed by atoms with E-state index in [9.17, 15) is 13.2 Å². The Kier molecular flexibility index (Phi) is 7.94. The lowest BCUT2D eigenvalue weighted by atomic mass is 9.79. The lowest BCUT2D eigenvalue weighted by Crippen LogP contribution is -2.58. The number of carbonyl (C=O) groups excluding carboxylic acids is 1. The Hall–Kier alpha value is -1.97. The van der Waals surface area contributed by atoms with Gasteiger partial charge in [0.2, 0.25) is 15.9 Å². The monoisotopic (exact) mass is 489 g/mol. The van der Waals surface area contributed by atoms with Crippen LogP contribution in [0.2, 0.25) is 0 Å². The molecule has 4 rings (SSSR count). The molecule has 8 nitrogen and oxygen atoms in total. The van der Waals surface area contributed by atoms with Gasteiger partial charge in [0.05, 0.1) is 15.9 Å². The Morgan fingerprint density at radius 2 is 1.82 bits per heavy atom. The van der Waals surface area contributed by atoms with Gasteiger partial charge < -0.3 is 9.88 Å². The van der Waals surface area contributed by atoms with Crippen molar-refractivity contribution < 1.29 is 13.2 Å². The molecule has 34 heavy (non-hydrogen) atoms. The van der Waals surface area contributed by atoms with E-state index in [0.29, 0.717) is 18.4 Å². The van der Waals surface area contributed by atoms with Gasteiger partial charge in [0.15, 0.2) is 0 Å². The van der Waals surface area contributed by atoms with Gasteiger partial charge in [0, 0.05) is 31.5 Å². The number of amides is 1. The Bertz CT molecular complexity index is 1100. The average molecular weight is 490 g/mol. The summed E-state index contributed by atoms with van der Waals surface area (Å²) in [6.07, 6.45) is 11.8. The van der Waals surface area contributed by atoms with Crippen molar-refractivity contribution in [1.29, 1.82) is 0 Å². The smallest absolute Gasteiger partial charge is 0.238 e. The van der Waals surface area contributed by atoms with Gasteiger partial charge in [0.1, 0.15) is 5.82 Å². The largest absolute Gasteiger partial charge is 0.354 e. The maximum atomic E-state index is 12.9. The topological polar surface area (TPSA) is 110 Å². The standard InChI is InChI=1S/C25H39N5O3S/c1-2-15-30-22-10-9-20(34(26,32)33)18-21(22)28-23(30)11-12-24(31)27-19-25(13-5-3-6-14-25)29-16-7-4-8-17-29/h9-10,18H,2-8,11-17,19H2,1H3,(H,27,31)(H2,26,32,33). The van der Waals surface area contributed by atoms with Crippen molar-refractivity contribution in [3.63, 3.8) is 0 Å². The van der Waals surface area contributed by atoms with Gasteiger partial charge in [-0.2, -0.15) is 0 Å². The summed E-state index contributed by atoms with van der Waals surface area (Å²) in [5.74, 6) is 0.865. The van der Waals surface area contributed by atoms with Gasteiger partial charge >= 0.3 is 0 Å². The van der Waals surface area contributed by atoms with E-state index < -0.39 is 10.0 Å². The fourth-order valence-electron chi connectivity index (χ4n) is 5.76. The molecule has 9 heteroatoms. The molecular formula is C25H39N5O3S. The number of aryl methyl sites for hydroxylation is 2. The zero-order chi connectivity index (χ0) is 24.2. The molecule has 1 aromatic heterocycles. The number of likely N-dealkylation sites (tertiary alicyclic amines) is 1. The average Bonchev–Trinajstić information content (AvgIpc) is 3.19. The first-order valence-electron chi connectivity index (χ1n) is 12.9. The highest BCUT2D eigenvalue weighted by molar-refractivity contribution is 7.89. The fourth-order valence-corrected chi connectivity index (χ4v) is 6.29. The fraction of sp³-hybridized carbons (Fsp3) is 0.680. The third kappa shape index (κ3) is 5.63. The molecule has 1 aromatic carbocycles. The van der Waals surface area contributed by atoms with E-state index in [2.05, 4.69) is 26.7 Å². The number of rotatable bonds is 9. The van der Waals surface area contributed by atoms with Crippen molar-refractivity contribution in [3.8, 4) is 0 Å². The van der Waals surface area contributed by atoms with Gasteiger partial charge in [-0.25, -0.2) is 18.5 Å². The van der Waals surface area contributed by atoms with Crippen molar-refractivity contribution >= 4 is 27.0 Å². The number of nitrogens with zero attached hydrogens (tertiary/aromatic N) is 3. The molecule has 1 saturated carbocycles. The molecule has 2 aromatic rings. The second-order valence-corrected chi connectivity index (χ2v) is 11.5. The first kappa shape index (κ1) is 25.1. The number of fused-ring (bicyclic) bond motifs is 1. The van der Waals surface area contributed by atoms with Crippen LogP contribution in [0.1, 0.15) is 77.0 Å². The molecule has 2 fully saturated rings. The van der Waals surface area contributed by atoms with Gasteiger partial charge in [-0.1, -0.05) is 32.6 Å². The lowest BCUT2D eigenvalue weighted by molar-refractivity contribution is -0.122. The van der Waals surface area contributed by atoms with Gasteiger partial charge in [-0.3, -0.25) is 9.69 Å². The van der Waals surface area contributed by atoms with Crippen molar-refractivity contribution in [2.24, 2.45) is 5.14 Å². The Morgan fingerprint density at radius 3 is 2.50 bits per heavy atom. The molecule has 1 aliphatic heterocycles. The maximum Gasteiger partial charge on any atom is 0.238 e. The normalized spacial score (nSPS) is 19.4. The van der Waals surface area contributed by atoms with Crippen molar-refractivity contribution in [1.82, 2.24) is 19.8 Å². The molecule has 1 amide bonds. The van der Waals surface area contributed by atoms with Crippen molar-refractivity contribution in [2.75, 3.05) is 19.6 Å². The molecule has 0 atom stereocenters. The van der Waals surface area contributed by atoms with Crippen LogP contribution in [-0.4, -0.2) is 53.9 Å². The zero-order valence-corrected chi connectivity index (χ0v) is 21.2. The van der Waals surface area contributed by atoms with Gasteiger partial charge in [-0.05, 0) is 63.4 Å². The van der Waals surface area contributed by atoms with Crippen LogP contribution in [-0.2, 0) is 27.8 Å². The SMILES string of the molecule is CCCn1c(CCC(=O)NCC2(N3CCCCC3)CCCCC2)nc2cc(S(N)(=O)=O)ccc21. The van der Waals surface area contributed by atoms with E-state index in [1.807, 2.05) is 0 Å². The first-order valence-corrected chi connectivity index (χ1v) is 14.4. The molecule has 2 heterocycles. The third-order valence-electron chi connectivity index (χ3n) is 7.58. The summed E-state index contributed by atoms with van der Waals surface area (Å²) in [5.41, 5.74) is 1.59. The second-order valence-electron chi connectivity index (χ2n) is 9.98. The summed E-state index contributed by atoms with van der Waals surface area (Å²) in [6.45, 7) is 5.88. The zero-order valence-electron chi connectivity index (χ0n) is 20.4. The van der Waals surface area contributed by atoms with Crippen LogP contribution in [0.15, 0.2) is 23.1 Å². The van der Waals surface area contributed by atoms with E-state index in [0.717, 1.165) is 43.9 Å². The number of imidazole rings is 1. The number of hydrogen-bond acceptors (Lipinski definition) is 5. The van der Waals surface area contributed by atoms with Crippen LogP contribution in [0, 0.1) is 0 Å². The Balaban J connectivity index is 1.43. The Labute approximate surface area is 203 Å².